The molecule has 3 nitrogen and oxygen atoms in total. The fourth-order valence-corrected chi connectivity index (χ4v) is 2.76. The summed E-state index contributed by atoms with van der Waals surface area (Å²) >= 11 is 0. The molecule has 2 rings (SSSR count). The topological polar surface area (TPSA) is 54.4 Å². The molecule has 0 aromatic heterocycles. The SMILES string of the molecule is CC(C(=O)O)c1ccc(S(=O)c2ccccc2)cc1. The Bertz CT molecular complexity index is 591. The Morgan fingerprint density at radius 2 is 1.53 bits per heavy atom. The number of aliphatic carboxylic acids is 1. The molecule has 0 saturated heterocycles. The van der Waals surface area contributed by atoms with E-state index in [1.165, 1.54) is 0 Å². The third kappa shape index (κ3) is 3.09. The van der Waals surface area contributed by atoms with Gasteiger partial charge in [-0.1, -0.05) is 30.3 Å². The summed E-state index contributed by atoms with van der Waals surface area (Å²) in [5.74, 6) is -1.42. The van der Waals surface area contributed by atoms with E-state index in [0.717, 1.165) is 4.90 Å². The fourth-order valence-electron chi connectivity index (χ4n) is 1.70. The molecular weight excluding hydrogens is 260 g/mol. The second kappa shape index (κ2) is 5.80. The van der Waals surface area contributed by atoms with Crippen molar-refractivity contribution in [2.45, 2.75) is 22.6 Å². The minimum Gasteiger partial charge on any atom is -0.481 e. The Labute approximate surface area is 114 Å². The monoisotopic (exact) mass is 274 g/mol. The van der Waals surface area contributed by atoms with Crippen molar-refractivity contribution in [3.8, 4) is 0 Å². The standard InChI is InChI=1S/C15H14O3S/c1-11(15(16)17)12-7-9-14(10-8-12)19(18)13-5-3-2-4-6-13/h2-11H,1H3,(H,16,17). The van der Waals surface area contributed by atoms with Crippen molar-refractivity contribution in [3.05, 3.63) is 60.2 Å². The molecule has 1 N–H and O–H groups in total. The quantitative estimate of drug-likeness (QED) is 0.932. The van der Waals surface area contributed by atoms with Crippen LogP contribution in [0.3, 0.4) is 0 Å². The Morgan fingerprint density at radius 1 is 1.00 bits per heavy atom. The molecule has 0 aliphatic heterocycles. The molecule has 2 atom stereocenters. The first-order valence-electron chi connectivity index (χ1n) is 5.89. The molecule has 0 bridgehead atoms. The molecule has 4 heteroatoms. The molecule has 0 aliphatic carbocycles. The van der Waals surface area contributed by atoms with Crippen molar-refractivity contribution in [1.29, 1.82) is 0 Å². The second-order valence-electron chi connectivity index (χ2n) is 4.21. The molecule has 0 fully saturated rings. The molecule has 2 aromatic carbocycles. The van der Waals surface area contributed by atoms with Gasteiger partial charge in [-0.2, -0.15) is 0 Å². The van der Waals surface area contributed by atoms with Crippen LogP contribution in [0, 0.1) is 0 Å². The van der Waals surface area contributed by atoms with Crippen molar-refractivity contribution in [2.75, 3.05) is 0 Å². The lowest BCUT2D eigenvalue weighted by Crippen LogP contribution is -2.07. The Morgan fingerprint density at radius 3 is 2.05 bits per heavy atom. The smallest absolute Gasteiger partial charge is 0.310 e. The van der Waals surface area contributed by atoms with Gasteiger partial charge < -0.3 is 5.11 Å². The van der Waals surface area contributed by atoms with Gasteiger partial charge in [0.15, 0.2) is 0 Å². The van der Waals surface area contributed by atoms with Crippen LogP contribution in [0.25, 0.3) is 0 Å². The second-order valence-corrected chi connectivity index (χ2v) is 5.69. The number of hydrogen-bond acceptors (Lipinski definition) is 2. The maximum Gasteiger partial charge on any atom is 0.310 e. The van der Waals surface area contributed by atoms with E-state index in [2.05, 4.69) is 0 Å². The molecule has 19 heavy (non-hydrogen) atoms. The van der Waals surface area contributed by atoms with Gasteiger partial charge in [0.1, 0.15) is 0 Å². The van der Waals surface area contributed by atoms with E-state index >= 15 is 0 Å². The summed E-state index contributed by atoms with van der Waals surface area (Å²) in [7, 11) is -1.23. The highest BCUT2D eigenvalue weighted by Crippen LogP contribution is 2.20. The lowest BCUT2D eigenvalue weighted by Gasteiger charge is -2.07. The Hall–Kier alpha value is -1.94. The average molecular weight is 274 g/mol. The summed E-state index contributed by atoms with van der Waals surface area (Å²) in [5, 5.41) is 8.93. The fraction of sp³-hybridized carbons (Fsp3) is 0.133. The van der Waals surface area contributed by atoms with Crippen molar-refractivity contribution < 1.29 is 14.1 Å². The number of benzene rings is 2. The lowest BCUT2D eigenvalue weighted by atomic mass is 10.0. The van der Waals surface area contributed by atoms with E-state index in [-0.39, 0.29) is 0 Å². The van der Waals surface area contributed by atoms with Crippen LogP contribution < -0.4 is 0 Å². The lowest BCUT2D eigenvalue weighted by molar-refractivity contribution is -0.138. The van der Waals surface area contributed by atoms with Crippen LogP contribution in [0.5, 0.6) is 0 Å². The van der Waals surface area contributed by atoms with Gasteiger partial charge in [-0.25, -0.2) is 4.21 Å². The summed E-state index contributed by atoms with van der Waals surface area (Å²) in [4.78, 5) is 12.3. The minimum absolute atomic E-state index is 0.556. The molecule has 0 saturated carbocycles. The van der Waals surface area contributed by atoms with Crippen molar-refractivity contribution >= 4 is 16.8 Å². The molecule has 2 aromatic rings. The number of carbonyl (C=O) groups is 1. The van der Waals surface area contributed by atoms with Crippen molar-refractivity contribution in [1.82, 2.24) is 0 Å². The predicted octanol–water partition coefficient (Wildman–Crippen LogP) is 3.04. The highest BCUT2D eigenvalue weighted by molar-refractivity contribution is 7.85. The number of rotatable bonds is 4. The molecule has 0 amide bonds. The Balaban J connectivity index is 2.24. The maximum absolute atomic E-state index is 12.3. The zero-order valence-electron chi connectivity index (χ0n) is 10.4. The minimum atomic E-state index is -1.23. The van der Waals surface area contributed by atoms with Gasteiger partial charge in [-0.05, 0) is 36.8 Å². The average Bonchev–Trinajstić information content (AvgIpc) is 2.46. The van der Waals surface area contributed by atoms with Gasteiger partial charge in [0.05, 0.1) is 16.7 Å². The first-order chi connectivity index (χ1) is 9.09. The van der Waals surface area contributed by atoms with Gasteiger partial charge in [0.25, 0.3) is 0 Å². The van der Waals surface area contributed by atoms with Crippen LogP contribution in [0.1, 0.15) is 18.4 Å². The van der Waals surface area contributed by atoms with E-state index in [1.54, 1.807) is 31.2 Å². The molecule has 2 unspecified atom stereocenters. The van der Waals surface area contributed by atoms with Crippen LogP contribution in [0.15, 0.2) is 64.4 Å². The largest absolute Gasteiger partial charge is 0.481 e. The van der Waals surface area contributed by atoms with Crippen LogP contribution in [0.2, 0.25) is 0 Å². The van der Waals surface area contributed by atoms with Crippen LogP contribution in [0.4, 0.5) is 0 Å². The number of hydrogen-bond donors (Lipinski definition) is 1. The molecule has 0 aliphatic rings. The highest BCUT2D eigenvalue weighted by atomic mass is 32.2. The number of carboxylic acids is 1. The van der Waals surface area contributed by atoms with Crippen molar-refractivity contribution in [3.63, 3.8) is 0 Å². The summed E-state index contributed by atoms with van der Waals surface area (Å²) in [6.45, 7) is 1.63. The van der Waals surface area contributed by atoms with E-state index in [9.17, 15) is 9.00 Å². The zero-order chi connectivity index (χ0) is 13.8. The van der Waals surface area contributed by atoms with Crippen LogP contribution in [-0.4, -0.2) is 15.3 Å². The molecule has 0 heterocycles. The van der Waals surface area contributed by atoms with Gasteiger partial charge in [-0.15, -0.1) is 0 Å². The third-order valence-electron chi connectivity index (χ3n) is 2.92. The molecule has 98 valence electrons. The normalized spacial score (nSPS) is 13.7. The predicted molar refractivity (Wildman–Crippen MR) is 73.6 cm³/mol. The van der Waals surface area contributed by atoms with Gasteiger partial charge in [0.2, 0.25) is 0 Å². The van der Waals surface area contributed by atoms with E-state index in [0.29, 0.717) is 10.5 Å². The van der Waals surface area contributed by atoms with E-state index < -0.39 is 22.7 Å². The first kappa shape index (κ1) is 13.5. The zero-order valence-corrected chi connectivity index (χ0v) is 11.3. The van der Waals surface area contributed by atoms with Gasteiger partial charge in [0, 0.05) is 9.79 Å². The van der Waals surface area contributed by atoms with Gasteiger partial charge in [-0.3, -0.25) is 4.79 Å². The summed E-state index contributed by atoms with van der Waals surface area (Å²) in [6, 6.07) is 16.0. The molecule has 0 radical (unpaired) electrons. The van der Waals surface area contributed by atoms with Crippen molar-refractivity contribution in [2.24, 2.45) is 0 Å². The van der Waals surface area contributed by atoms with Gasteiger partial charge >= 0.3 is 5.97 Å². The molecular formula is C15H14O3S. The summed E-state index contributed by atoms with van der Waals surface area (Å²) in [6.07, 6.45) is 0. The highest BCUT2D eigenvalue weighted by Gasteiger charge is 2.14. The maximum atomic E-state index is 12.3. The van der Waals surface area contributed by atoms with Crippen LogP contribution >= 0.6 is 0 Å². The molecule has 0 spiro atoms. The van der Waals surface area contributed by atoms with E-state index in [4.69, 9.17) is 5.11 Å². The summed E-state index contributed by atoms with van der Waals surface area (Å²) < 4.78 is 12.3. The third-order valence-corrected chi connectivity index (χ3v) is 4.32. The first-order valence-corrected chi connectivity index (χ1v) is 7.04. The Kier molecular flexibility index (Phi) is 4.12. The van der Waals surface area contributed by atoms with E-state index in [1.807, 2.05) is 30.3 Å². The van der Waals surface area contributed by atoms with Crippen LogP contribution in [-0.2, 0) is 15.6 Å². The summed E-state index contributed by atoms with van der Waals surface area (Å²) in [5.41, 5.74) is 0.710. The number of carboxylic acid groups (broad SMARTS) is 1.